The lowest BCUT2D eigenvalue weighted by molar-refractivity contribution is 0.691. The van der Waals surface area contributed by atoms with Crippen LogP contribution in [0.15, 0.2) is 48.9 Å². The van der Waals surface area contributed by atoms with Gasteiger partial charge >= 0.3 is 0 Å². The fraction of sp³-hybridized carbons (Fsp3) is 0.235. The topological polar surface area (TPSA) is 29.9 Å². The van der Waals surface area contributed by atoms with Crippen molar-refractivity contribution < 1.29 is 0 Å². The molecule has 3 heteroatoms. The first-order valence-electron chi connectivity index (χ1n) is 6.89. The molecule has 3 nitrogen and oxygen atoms in total. The number of para-hydroxylation sites is 1. The van der Waals surface area contributed by atoms with Gasteiger partial charge in [0, 0.05) is 49.6 Å². The number of nitrogens with one attached hydrogen (secondary N) is 1. The van der Waals surface area contributed by atoms with Gasteiger partial charge in [-0.2, -0.15) is 0 Å². The van der Waals surface area contributed by atoms with Crippen molar-refractivity contribution in [2.75, 3.05) is 0 Å². The zero-order chi connectivity index (χ0) is 13.9. The van der Waals surface area contributed by atoms with Gasteiger partial charge < -0.3 is 9.88 Å². The van der Waals surface area contributed by atoms with Crippen LogP contribution in [0.2, 0.25) is 0 Å². The van der Waals surface area contributed by atoms with Gasteiger partial charge in [-0.1, -0.05) is 18.2 Å². The van der Waals surface area contributed by atoms with E-state index in [4.69, 9.17) is 0 Å². The lowest BCUT2D eigenvalue weighted by Crippen LogP contribution is -2.13. The van der Waals surface area contributed by atoms with E-state index < -0.39 is 0 Å². The average molecular weight is 265 g/mol. The van der Waals surface area contributed by atoms with Crippen molar-refractivity contribution >= 4 is 10.9 Å². The van der Waals surface area contributed by atoms with Crippen LogP contribution in [0.25, 0.3) is 10.9 Å². The first kappa shape index (κ1) is 12.9. The molecular weight excluding hydrogens is 246 g/mol. The second-order valence-corrected chi connectivity index (χ2v) is 5.19. The van der Waals surface area contributed by atoms with Gasteiger partial charge in [0.25, 0.3) is 0 Å². The zero-order valence-electron chi connectivity index (χ0n) is 11.9. The highest BCUT2D eigenvalue weighted by atomic mass is 14.9. The number of benzene rings is 1. The molecule has 3 rings (SSSR count). The first-order chi connectivity index (χ1) is 9.75. The fourth-order valence-corrected chi connectivity index (χ4v) is 2.60. The minimum Gasteiger partial charge on any atom is -0.350 e. The molecule has 0 fully saturated rings. The molecule has 0 spiro atoms. The van der Waals surface area contributed by atoms with Crippen LogP contribution in [0.1, 0.15) is 16.7 Å². The number of aryl methyl sites for hydroxylation is 2. The van der Waals surface area contributed by atoms with E-state index in [0.29, 0.717) is 0 Å². The maximum Gasteiger partial charge on any atom is 0.0481 e. The monoisotopic (exact) mass is 265 g/mol. The second kappa shape index (κ2) is 5.47. The average Bonchev–Trinajstić information content (AvgIpc) is 2.78. The van der Waals surface area contributed by atoms with Gasteiger partial charge in [0.05, 0.1) is 0 Å². The van der Waals surface area contributed by atoms with Gasteiger partial charge in [0.1, 0.15) is 0 Å². The maximum absolute atomic E-state index is 4.12. The van der Waals surface area contributed by atoms with Crippen LogP contribution < -0.4 is 5.32 Å². The van der Waals surface area contributed by atoms with E-state index >= 15 is 0 Å². The van der Waals surface area contributed by atoms with Crippen LogP contribution in [-0.4, -0.2) is 9.55 Å². The molecule has 20 heavy (non-hydrogen) atoms. The molecule has 3 aromatic rings. The third-order valence-corrected chi connectivity index (χ3v) is 3.75. The smallest absolute Gasteiger partial charge is 0.0481 e. The van der Waals surface area contributed by atoms with E-state index in [0.717, 1.165) is 13.1 Å². The number of hydrogen-bond acceptors (Lipinski definition) is 2. The summed E-state index contributed by atoms with van der Waals surface area (Å²) >= 11 is 0. The minimum atomic E-state index is 0.873. The molecule has 102 valence electrons. The highest BCUT2D eigenvalue weighted by Gasteiger charge is 2.05. The van der Waals surface area contributed by atoms with E-state index in [-0.39, 0.29) is 0 Å². The molecule has 0 saturated heterocycles. The Hall–Kier alpha value is -2.13. The number of pyridine rings is 1. The lowest BCUT2D eigenvalue weighted by Gasteiger charge is -2.06. The van der Waals surface area contributed by atoms with Crippen molar-refractivity contribution in [3.63, 3.8) is 0 Å². The Morgan fingerprint density at radius 2 is 1.90 bits per heavy atom. The predicted octanol–water partition coefficient (Wildman–Crippen LogP) is 3.17. The lowest BCUT2D eigenvalue weighted by atomic mass is 10.1. The number of aromatic nitrogens is 2. The summed E-state index contributed by atoms with van der Waals surface area (Å²) in [4.78, 5) is 4.12. The first-order valence-corrected chi connectivity index (χ1v) is 6.89. The molecule has 0 bridgehead atoms. The van der Waals surface area contributed by atoms with Gasteiger partial charge in [0.2, 0.25) is 0 Å². The summed E-state index contributed by atoms with van der Waals surface area (Å²) in [7, 11) is 2.10. The summed E-state index contributed by atoms with van der Waals surface area (Å²) in [6.45, 7) is 3.85. The summed E-state index contributed by atoms with van der Waals surface area (Å²) in [5, 5.41) is 4.85. The Balaban J connectivity index is 1.73. The summed E-state index contributed by atoms with van der Waals surface area (Å²) < 4.78 is 2.18. The zero-order valence-corrected chi connectivity index (χ0v) is 11.9. The Labute approximate surface area is 119 Å². The molecule has 1 N–H and O–H groups in total. The number of rotatable bonds is 4. The Kier molecular flexibility index (Phi) is 3.52. The van der Waals surface area contributed by atoms with Crippen LogP contribution in [0.5, 0.6) is 0 Å². The molecule has 2 heterocycles. The number of fused-ring (bicyclic) bond motifs is 1. The van der Waals surface area contributed by atoms with Crippen LogP contribution in [0.3, 0.4) is 0 Å². The fourth-order valence-electron chi connectivity index (χ4n) is 2.60. The van der Waals surface area contributed by atoms with Crippen molar-refractivity contribution in [2.45, 2.75) is 20.0 Å². The minimum absolute atomic E-state index is 0.873. The normalized spacial score (nSPS) is 11.1. The highest BCUT2D eigenvalue weighted by molar-refractivity contribution is 5.83. The Morgan fingerprint density at radius 3 is 2.75 bits per heavy atom. The van der Waals surface area contributed by atoms with Crippen LogP contribution >= 0.6 is 0 Å². The molecule has 0 aliphatic carbocycles. The van der Waals surface area contributed by atoms with Crippen molar-refractivity contribution in [2.24, 2.45) is 7.05 Å². The summed E-state index contributed by atoms with van der Waals surface area (Å²) in [6, 6.07) is 10.6. The van der Waals surface area contributed by atoms with Gasteiger partial charge in [0.15, 0.2) is 0 Å². The van der Waals surface area contributed by atoms with E-state index in [1.165, 1.54) is 27.6 Å². The molecule has 1 aromatic carbocycles. The molecular formula is C17H19N3. The van der Waals surface area contributed by atoms with Gasteiger partial charge in [-0.05, 0) is 35.7 Å². The molecule has 0 aliphatic heterocycles. The predicted molar refractivity (Wildman–Crippen MR) is 82.4 cm³/mol. The SMILES string of the molecule is Cc1cnccc1CNCc1cn(C)c2ccccc12. The molecule has 0 amide bonds. The molecule has 0 unspecified atom stereocenters. The van der Waals surface area contributed by atoms with Crippen molar-refractivity contribution in [3.05, 3.63) is 65.6 Å². The van der Waals surface area contributed by atoms with E-state index in [9.17, 15) is 0 Å². The Bertz CT molecular complexity index is 728. The Morgan fingerprint density at radius 1 is 1.10 bits per heavy atom. The quantitative estimate of drug-likeness (QED) is 0.785. The molecule has 0 saturated carbocycles. The standard InChI is InChI=1S/C17H19N3/c1-13-9-18-8-7-14(13)10-19-11-15-12-20(2)17-6-4-3-5-16(15)17/h3-9,12,19H,10-11H2,1-2H3. The third-order valence-electron chi connectivity index (χ3n) is 3.75. The van der Waals surface area contributed by atoms with Crippen molar-refractivity contribution in [1.29, 1.82) is 0 Å². The van der Waals surface area contributed by atoms with Crippen LogP contribution in [0, 0.1) is 6.92 Å². The van der Waals surface area contributed by atoms with E-state index in [2.05, 4.69) is 65.4 Å². The third kappa shape index (κ3) is 2.45. The number of hydrogen-bond donors (Lipinski definition) is 1. The highest BCUT2D eigenvalue weighted by Crippen LogP contribution is 2.20. The summed E-state index contributed by atoms with van der Waals surface area (Å²) in [5.74, 6) is 0. The van der Waals surface area contributed by atoms with Gasteiger partial charge in [-0.3, -0.25) is 4.98 Å². The largest absolute Gasteiger partial charge is 0.350 e. The van der Waals surface area contributed by atoms with Crippen molar-refractivity contribution in [3.8, 4) is 0 Å². The number of nitrogens with zero attached hydrogens (tertiary/aromatic N) is 2. The van der Waals surface area contributed by atoms with E-state index in [1.54, 1.807) is 0 Å². The van der Waals surface area contributed by atoms with Gasteiger partial charge in [-0.15, -0.1) is 0 Å². The second-order valence-electron chi connectivity index (χ2n) is 5.19. The summed E-state index contributed by atoms with van der Waals surface area (Å²) in [5.41, 5.74) is 5.16. The maximum atomic E-state index is 4.12. The van der Waals surface area contributed by atoms with Gasteiger partial charge in [-0.25, -0.2) is 0 Å². The molecule has 0 aliphatic rings. The van der Waals surface area contributed by atoms with Crippen molar-refractivity contribution in [1.82, 2.24) is 14.9 Å². The van der Waals surface area contributed by atoms with Crippen LogP contribution in [-0.2, 0) is 20.1 Å². The summed E-state index contributed by atoms with van der Waals surface area (Å²) in [6.07, 6.45) is 5.97. The molecule has 0 atom stereocenters. The molecule has 0 radical (unpaired) electrons. The van der Waals surface area contributed by atoms with E-state index in [1.807, 2.05) is 12.4 Å². The molecule has 2 aromatic heterocycles. The van der Waals surface area contributed by atoms with Crippen LogP contribution in [0.4, 0.5) is 0 Å².